The fraction of sp³-hybridized carbons (Fsp3) is 0.600. The van der Waals surface area contributed by atoms with Gasteiger partial charge in [0.15, 0.2) is 0 Å². The molecule has 0 fully saturated rings. The van der Waals surface area contributed by atoms with Gasteiger partial charge in [0.1, 0.15) is 5.75 Å². The maximum absolute atomic E-state index is 5.71. The average molecular weight is 251 g/mol. The predicted octanol–water partition coefficient (Wildman–Crippen LogP) is 3.16. The first kappa shape index (κ1) is 15.0. The van der Waals surface area contributed by atoms with E-state index in [2.05, 4.69) is 31.3 Å². The zero-order valence-electron chi connectivity index (χ0n) is 11.7. The molecule has 0 aliphatic rings. The predicted molar refractivity (Wildman–Crippen MR) is 75.1 cm³/mol. The van der Waals surface area contributed by atoms with E-state index in [9.17, 15) is 0 Å². The number of methoxy groups -OCH3 is 1. The van der Waals surface area contributed by atoms with Crippen LogP contribution in [0.1, 0.15) is 38.3 Å². The topological polar surface area (TPSA) is 30.5 Å². The third-order valence-electron chi connectivity index (χ3n) is 2.88. The van der Waals surface area contributed by atoms with Gasteiger partial charge in [0, 0.05) is 19.7 Å². The molecule has 0 aliphatic carbocycles. The van der Waals surface area contributed by atoms with Gasteiger partial charge in [0.05, 0.1) is 13.2 Å². The van der Waals surface area contributed by atoms with Crippen LogP contribution < -0.4 is 10.1 Å². The number of ether oxygens (including phenoxy) is 2. The molecule has 0 spiro atoms. The lowest BCUT2D eigenvalue weighted by Crippen LogP contribution is -2.22. The van der Waals surface area contributed by atoms with Crippen molar-refractivity contribution in [2.75, 3.05) is 26.9 Å². The van der Waals surface area contributed by atoms with Gasteiger partial charge in [-0.2, -0.15) is 0 Å². The van der Waals surface area contributed by atoms with E-state index in [1.54, 1.807) is 7.11 Å². The van der Waals surface area contributed by atoms with Gasteiger partial charge in [0.25, 0.3) is 0 Å². The fourth-order valence-corrected chi connectivity index (χ4v) is 1.70. The average Bonchev–Trinajstić information content (AvgIpc) is 2.39. The van der Waals surface area contributed by atoms with Gasteiger partial charge in [-0.1, -0.05) is 25.5 Å². The van der Waals surface area contributed by atoms with Crippen LogP contribution in [0.4, 0.5) is 0 Å². The zero-order chi connectivity index (χ0) is 13.2. The Labute approximate surface area is 110 Å². The van der Waals surface area contributed by atoms with Gasteiger partial charge < -0.3 is 14.8 Å². The summed E-state index contributed by atoms with van der Waals surface area (Å²) in [6, 6.07) is 8.61. The van der Waals surface area contributed by atoms with E-state index < -0.39 is 0 Å². The van der Waals surface area contributed by atoms with Crippen molar-refractivity contribution >= 4 is 0 Å². The smallest absolute Gasteiger partial charge is 0.119 e. The summed E-state index contributed by atoms with van der Waals surface area (Å²) in [6.07, 6.45) is 2.26. The Balaban J connectivity index is 2.47. The molecule has 1 aromatic rings. The SMILES string of the molecule is CCCCOc1cccc([C@@H](C)NCCOC)c1. The second-order valence-corrected chi connectivity index (χ2v) is 4.44. The zero-order valence-corrected chi connectivity index (χ0v) is 11.7. The van der Waals surface area contributed by atoms with Crippen molar-refractivity contribution in [1.82, 2.24) is 5.32 Å². The first-order valence-corrected chi connectivity index (χ1v) is 6.73. The molecule has 0 heterocycles. The minimum atomic E-state index is 0.315. The van der Waals surface area contributed by atoms with E-state index in [1.807, 2.05) is 12.1 Å². The Morgan fingerprint density at radius 3 is 2.83 bits per heavy atom. The van der Waals surface area contributed by atoms with Crippen LogP contribution in [-0.2, 0) is 4.74 Å². The lowest BCUT2D eigenvalue weighted by Gasteiger charge is -2.15. The van der Waals surface area contributed by atoms with E-state index >= 15 is 0 Å². The number of nitrogens with one attached hydrogen (secondary N) is 1. The number of unbranched alkanes of at least 4 members (excludes halogenated alkanes) is 1. The summed E-state index contributed by atoms with van der Waals surface area (Å²) >= 11 is 0. The molecule has 0 aliphatic heterocycles. The van der Waals surface area contributed by atoms with Crippen molar-refractivity contribution in [3.63, 3.8) is 0 Å². The molecule has 102 valence electrons. The summed E-state index contributed by atoms with van der Waals surface area (Å²) in [5.74, 6) is 0.960. The third-order valence-corrected chi connectivity index (χ3v) is 2.88. The van der Waals surface area contributed by atoms with Crippen LogP contribution >= 0.6 is 0 Å². The number of rotatable bonds is 9. The lowest BCUT2D eigenvalue weighted by atomic mass is 10.1. The summed E-state index contributed by atoms with van der Waals surface area (Å²) in [7, 11) is 1.72. The van der Waals surface area contributed by atoms with E-state index in [4.69, 9.17) is 9.47 Å². The van der Waals surface area contributed by atoms with Gasteiger partial charge in [-0.05, 0) is 31.0 Å². The molecular formula is C15H25NO2. The van der Waals surface area contributed by atoms with E-state index in [0.717, 1.165) is 38.3 Å². The highest BCUT2D eigenvalue weighted by molar-refractivity contribution is 5.30. The van der Waals surface area contributed by atoms with Crippen LogP contribution in [0, 0.1) is 0 Å². The van der Waals surface area contributed by atoms with Crippen LogP contribution in [0.2, 0.25) is 0 Å². The second kappa shape index (κ2) is 8.95. The van der Waals surface area contributed by atoms with Crippen LogP contribution in [0.3, 0.4) is 0 Å². The monoisotopic (exact) mass is 251 g/mol. The van der Waals surface area contributed by atoms with E-state index in [0.29, 0.717) is 6.04 Å². The molecule has 18 heavy (non-hydrogen) atoms. The lowest BCUT2D eigenvalue weighted by molar-refractivity contribution is 0.196. The van der Waals surface area contributed by atoms with Gasteiger partial charge in [-0.25, -0.2) is 0 Å². The molecule has 3 nitrogen and oxygen atoms in total. The Morgan fingerprint density at radius 2 is 2.11 bits per heavy atom. The van der Waals surface area contributed by atoms with Crippen molar-refractivity contribution in [3.05, 3.63) is 29.8 Å². The number of benzene rings is 1. The normalized spacial score (nSPS) is 12.4. The number of hydrogen-bond donors (Lipinski definition) is 1. The highest BCUT2D eigenvalue weighted by Crippen LogP contribution is 2.19. The van der Waals surface area contributed by atoms with Crippen molar-refractivity contribution in [2.45, 2.75) is 32.7 Å². The van der Waals surface area contributed by atoms with Crippen molar-refractivity contribution in [3.8, 4) is 5.75 Å². The molecule has 1 aromatic carbocycles. The largest absolute Gasteiger partial charge is 0.494 e. The van der Waals surface area contributed by atoms with E-state index in [1.165, 1.54) is 5.56 Å². The molecule has 0 unspecified atom stereocenters. The molecule has 0 saturated heterocycles. The Morgan fingerprint density at radius 1 is 1.28 bits per heavy atom. The maximum atomic E-state index is 5.71. The highest BCUT2D eigenvalue weighted by Gasteiger charge is 2.05. The molecule has 1 N–H and O–H groups in total. The van der Waals surface area contributed by atoms with Crippen molar-refractivity contribution in [1.29, 1.82) is 0 Å². The van der Waals surface area contributed by atoms with Crippen molar-refractivity contribution < 1.29 is 9.47 Å². The van der Waals surface area contributed by atoms with Crippen LogP contribution in [0.25, 0.3) is 0 Å². The Kier molecular flexibility index (Phi) is 7.46. The molecule has 1 atom stereocenters. The summed E-state index contributed by atoms with van der Waals surface area (Å²) in [4.78, 5) is 0. The first-order valence-electron chi connectivity index (χ1n) is 6.73. The summed E-state index contributed by atoms with van der Waals surface area (Å²) in [5, 5.41) is 3.41. The second-order valence-electron chi connectivity index (χ2n) is 4.44. The Bertz CT molecular complexity index is 328. The summed E-state index contributed by atoms with van der Waals surface area (Å²) in [6.45, 7) is 6.71. The third kappa shape index (κ3) is 5.52. The molecule has 3 heteroatoms. The van der Waals surface area contributed by atoms with E-state index in [-0.39, 0.29) is 0 Å². The van der Waals surface area contributed by atoms with Crippen molar-refractivity contribution in [2.24, 2.45) is 0 Å². The van der Waals surface area contributed by atoms with Gasteiger partial charge in [0.2, 0.25) is 0 Å². The molecule has 1 rings (SSSR count). The maximum Gasteiger partial charge on any atom is 0.119 e. The summed E-state index contributed by atoms with van der Waals surface area (Å²) < 4.78 is 10.7. The minimum Gasteiger partial charge on any atom is -0.494 e. The van der Waals surface area contributed by atoms with Crippen LogP contribution in [0.15, 0.2) is 24.3 Å². The summed E-state index contributed by atoms with van der Waals surface area (Å²) in [5.41, 5.74) is 1.25. The number of hydrogen-bond acceptors (Lipinski definition) is 3. The molecule has 0 aromatic heterocycles. The van der Waals surface area contributed by atoms with Crippen LogP contribution in [-0.4, -0.2) is 26.9 Å². The standard InChI is InChI=1S/C15H25NO2/c1-4-5-10-18-15-8-6-7-14(12-15)13(2)16-9-11-17-3/h6-8,12-13,16H,4-5,9-11H2,1-3H3/t13-/m1/s1. The Hall–Kier alpha value is -1.06. The van der Waals surface area contributed by atoms with Gasteiger partial charge in [-0.3, -0.25) is 0 Å². The van der Waals surface area contributed by atoms with Gasteiger partial charge in [-0.15, -0.1) is 0 Å². The molecule has 0 bridgehead atoms. The van der Waals surface area contributed by atoms with Crippen LogP contribution in [0.5, 0.6) is 5.75 Å². The molecule has 0 amide bonds. The van der Waals surface area contributed by atoms with Gasteiger partial charge >= 0.3 is 0 Å². The first-order chi connectivity index (χ1) is 8.77. The molecular weight excluding hydrogens is 226 g/mol. The molecule has 0 saturated carbocycles. The fourth-order valence-electron chi connectivity index (χ4n) is 1.70. The quantitative estimate of drug-likeness (QED) is 0.684. The molecule has 0 radical (unpaired) electrons. The minimum absolute atomic E-state index is 0.315. The highest BCUT2D eigenvalue weighted by atomic mass is 16.5.